The fourth-order valence-electron chi connectivity index (χ4n) is 2.28. The number of rotatable bonds is 5. The highest BCUT2D eigenvalue weighted by atomic mass is 32.2. The Hall–Kier alpha value is -1.15. The smallest absolute Gasteiger partial charge is 0.231 e. The first-order valence-electron chi connectivity index (χ1n) is 6.64. The molecule has 2 N–H and O–H groups in total. The molecule has 1 saturated carbocycles. The standard InChI is InChI=1S/C12H19N3O3S2/c1-20(17,18)15-12-14-10(8-19-12)7-11(16)13-9-5-3-2-4-6-9/h8-9H,2-7H2,1H3,(H,13,16)(H,14,15). The number of amides is 1. The van der Waals surface area contributed by atoms with E-state index in [1.54, 1.807) is 5.38 Å². The summed E-state index contributed by atoms with van der Waals surface area (Å²) in [5.74, 6) is -0.0481. The van der Waals surface area contributed by atoms with Crippen LogP contribution in [-0.2, 0) is 21.2 Å². The molecule has 112 valence electrons. The maximum Gasteiger partial charge on any atom is 0.231 e. The highest BCUT2D eigenvalue weighted by Gasteiger charge is 2.16. The molecule has 1 aromatic rings. The molecule has 0 bridgehead atoms. The molecule has 0 radical (unpaired) electrons. The predicted octanol–water partition coefficient (Wildman–Crippen LogP) is 1.51. The monoisotopic (exact) mass is 317 g/mol. The van der Waals surface area contributed by atoms with E-state index in [9.17, 15) is 13.2 Å². The first kappa shape index (κ1) is 15.2. The van der Waals surface area contributed by atoms with Gasteiger partial charge >= 0.3 is 0 Å². The Bertz CT molecular complexity index is 562. The minimum atomic E-state index is -3.32. The molecule has 1 heterocycles. The molecule has 0 aromatic carbocycles. The van der Waals surface area contributed by atoms with E-state index in [1.165, 1.54) is 30.6 Å². The molecule has 1 fully saturated rings. The Labute approximate surface area is 123 Å². The lowest BCUT2D eigenvalue weighted by Crippen LogP contribution is -2.37. The molecule has 0 unspecified atom stereocenters. The number of hydrogen-bond acceptors (Lipinski definition) is 5. The lowest BCUT2D eigenvalue weighted by atomic mass is 9.95. The molecule has 0 atom stereocenters. The third-order valence-electron chi connectivity index (χ3n) is 3.14. The van der Waals surface area contributed by atoms with Gasteiger partial charge in [0, 0.05) is 11.4 Å². The maximum atomic E-state index is 11.9. The molecule has 1 aromatic heterocycles. The van der Waals surface area contributed by atoms with Crippen LogP contribution >= 0.6 is 11.3 Å². The van der Waals surface area contributed by atoms with Gasteiger partial charge < -0.3 is 5.32 Å². The van der Waals surface area contributed by atoms with Crippen LogP contribution in [0.25, 0.3) is 0 Å². The van der Waals surface area contributed by atoms with Gasteiger partial charge in [-0.15, -0.1) is 11.3 Å². The van der Waals surface area contributed by atoms with Crippen LogP contribution in [0.5, 0.6) is 0 Å². The molecule has 1 aliphatic carbocycles. The highest BCUT2D eigenvalue weighted by Crippen LogP contribution is 2.19. The first-order valence-corrected chi connectivity index (χ1v) is 9.41. The summed E-state index contributed by atoms with van der Waals surface area (Å²) in [5, 5.41) is 5.01. The average Bonchev–Trinajstić information content (AvgIpc) is 2.75. The molecule has 20 heavy (non-hydrogen) atoms. The third-order valence-corrected chi connectivity index (χ3v) is 4.64. The van der Waals surface area contributed by atoms with Crippen LogP contribution in [0.3, 0.4) is 0 Å². The summed E-state index contributed by atoms with van der Waals surface area (Å²) >= 11 is 1.18. The van der Waals surface area contributed by atoms with Crippen molar-refractivity contribution in [1.29, 1.82) is 0 Å². The lowest BCUT2D eigenvalue weighted by molar-refractivity contribution is -0.121. The van der Waals surface area contributed by atoms with Gasteiger partial charge in [0.1, 0.15) is 0 Å². The van der Waals surface area contributed by atoms with Gasteiger partial charge in [0.05, 0.1) is 18.4 Å². The molecule has 0 spiro atoms. The Balaban J connectivity index is 1.85. The molecule has 6 nitrogen and oxygen atoms in total. The molecule has 8 heteroatoms. The molecule has 1 aliphatic rings. The van der Waals surface area contributed by atoms with Crippen LogP contribution in [0.2, 0.25) is 0 Å². The normalized spacial score (nSPS) is 16.9. The van der Waals surface area contributed by atoms with Gasteiger partial charge in [0.25, 0.3) is 0 Å². The van der Waals surface area contributed by atoms with E-state index in [1.807, 2.05) is 0 Å². The number of nitrogens with zero attached hydrogens (tertiary/aromatic N) is 1. The van der Waals surface area contributed by atoms with Crippen LogP contribution in [0.15, 0.2) is 5.38 Å². The number of anilines is 1. The number of hydrogen-bond donors (Lipinski definition) is 2. The van der Waals surface area contributed by atoms with Gasteiger partial charge in [-0.05, 0) is 12.8 Å². The van der Waals surface area contributed by atoms with Crippen molar-refractivity contribution in [2.24, 2.45) is 0 Å². The van der Waals surface area contributed by atoms with Crippen LogP contribution in [-0.4, -0.2) is 31.6 Å². The summed E-state index contributed by atoms with van der Waals surface area (Å²) in [6, 6.07) is 0.281. The zero-order chi connectivity index (χ0) is 14.6. The van der Waals surface area contributed by atoms with Gasteiger partial charge in [-0.1, -0.05) is 19.3 Å². The van der Waals surface area contributed by atoms with E-state index in [2.05, 4.69) is 15.0 Å². The second kappa shape index (κ2) is 6.53. The van der Waals surface area contributed by atoms with Crippen molar-refractivity contribution >= 4 is 32.4 Å². The SMILES string of the molecule is CS(=O)(=O)Nc1nc(CC(=O)NC2CCCCC2)cs1. The molecule has 0 aliphatic heterocycles. The summed E-state index contributed by atoms with van der Waals surface area (Å²) in [6.45, 7) is 0. The van der Waals surface area contributed by atoms with Crippen molar-refractivity contribution in [2.45, 2.75) is 44.6 Å². The largest absolute Gasteiger partial charge is 0.353 e. The lowest BCUT2D eigenvalue weighted by Gasteiger charge is -2.22. The minimum Gasteiger partial charge on any atom is -0.353 e. The van der Waals surface area contributed by atoms with E-state index in [-0.39, 0.29) is 18.4 Å². The summed E-state index contributed by atoms with van der Waals surface area (Å²) in [5.41, 5.74) is 0.592. The van der Waals surface area contributed by atoms with E-state index < -0.39 is 10.0 Å². The van der Waals surface area contributed by atoms with Gasteiger partial charge in [-0.25, -0.2) is 13.4 Å². The molecule has 1 amide bonds. The van der Waals surface area contributed by atoms with Crippen molar-refractivity contribution in [3.05, 3.63) is 11.1 Å². The predicted molar refractivity (Wildman–Crippen MR) is 79.3 cm³/mol. The van der Waals surface area contributed by atoms with Gasteiger partial charge in [0.2, 0.25) is 15.9 Å². The van der Waals surface area contributed by atoms with E-state index >= 15 is 0 Å². The number of thiazole rings is 1. The average molecular weight is 317 g/mol. The zero-order valence-corrected chi connectivity index (χ0v) is 13.0. The van der Waals surface area contributed by atoms with Crippen LogP contribution in [0.4, 0.5) is 5.13 Å². The summed E-state index contributed by atoms with van der Waals surface area (Å²) < 4.78 is 24.4. The van der Waals surface area contributed by atoms with Crippen molar-refractivity contribution in [3.8, 4) is 0 Å². The fraction of sp³-hybridized carbons (Fsp3) is 0.667. The van der Waals surface area contributed by atoms with Crippen molar-refractivity contribution in [1.82, 2.24) is 10.3 Å². The number of carbonyl (C=O) groups excluding carboxylic acids is 1. The van der Waals surface area contributed by atoms with E-state index in [4.69, 9.17) is 0 Å². The topological polar surface area (TPSA) is 88.2 Å². The second-order valence-electron chi connectivity index (χ2n) is 5.10. The van der Waals surface area contributed by atoms with Crippen LogP contribution in [0.1, 0.15) is 37.8 Å². The number of nitrogens with one attached hydrogen (secondary N) is 2. The summed E-state index contributed by atoms with van der Waals surface area (Å²) in [7, 11) is -3.32. The van der Waals surface area contributed by atoms with Crippen molar-refractivity contribution < 1.29 is 13.2 Å². The quantitative estimate of drug-likeness (QED) is 0.861. The molecule has 2 rings (SSSR count). The molecular formula is C12H19N3O3S2. The third kappa shape index (κ3) is 5.09. The van der Waals surface area contributed by atoms with Crippen LogP contribution < -0.4 is 10.0 Å². The second-order valence-corrected chi connectivity index (χ2v) is 7.70. The Kier molecular flexibility index (Phi) is 4.98. The summed E-state index contributed by atoms with van der Waals surface area (Å²) in [6.07, 6.45) is 6.95. The number of aromatic nitrogens is 1. The Morgan fingerprint density at radius 2 is 2.10 bits per heavy atom. The highest BCUT2D eigenvalue weighted by molar-refractivity contribution is 7.92. The van der Waals surface area contributed by atoms with Gasteiger partial charge in [-0.2, -0.15) is 0 Å². The number of sulfonamides is 1. The Morgan fingerprint density at radius 1 is 1.40 bits per heavy atom. The van der Waals surface area contributed by atoms with E-state index in [0.717, 1.165) is 19.1 Å². The summed E-state index contributed by atoms with van der Waals surface area (Å²) in [4.78, 5) is 16.0. The zero-order valence-electron chi connectivity index (χ0n) is 11.4. The Morgan fingerprint density at radius 3 is 2.75 bits per heavy atom. The number of carbonyl (C=O) groups is 1. The first-order chi connectivity index (χ1) is 9.42. The molecule has 0 saturated heterocycles. The van der Waals surface area contributed by atoms with Crippen LogP contribution in [0, 0.1) is 0 Å². The van der Waals surface area contributed by atoms with Crippen molar-refractivity contribution in [3.63, 3.8) is 0 Å². The molecular weight excluding hydrogens is 298 g/mol. The van der Waals surface area contributed by atoms with Gasteiger partial charge in [0.15, 0.2) is 5.13 Å². The minimum absolute atomic E-state index is 0.0481. The maximum absolute atomic E-state index is 11.9. The van der Waals surface area contributed by atoms with Crippen molar-refractivity contribution in [2.75, 3.05) is 11.0 Å². The fourth-order valence-corrected chi connectivity index (χ4v) is 3.85. The van der Waals surface area contributed by atoms with Gasteiger partial charge in [-0.3, -0.25) is 9.52 Å². The van der Waals surface area contributed by atoms with E-state index in [0.29, 0.717) is 10.8 Å².